The Balaban J connectivity index is 1.77. The number of carbonyl (C=O) groups is 1. The summed E-state index contributed by atoms with van der Waals surface area (Å²) in [7, 11) is -3.73. The molecule has 8 nitrogen and oxygen atoms in total. The average Bonchev–Trinajstić information content (AvgIpc) is 3.32. The summed E-state index contributed by atoms with van der Waals surface area (Å²) >= 11 is 0. The molecule has 38 heavy (non-hydrogen) atoms. The van der Waals surface area contributed by atoms with Crippen LogP contribution in [0.3, 0.4) is 0 Å². The molecule has 0 aliphatic carbocycles. The van der Waals surface area contributed by atoms with Gasteiger partial charge in [-0.15, -0.1) is 0 Å². The van der Waals surface area contributed by atoms with Gasteiger partial charge >= 0.3 is 5.97 Å². The van der Waals surface area contributed by atoms with Gasteiger partial charge in [0.2, 0.25) is 10.0 Å². The number of rotatable bonds is 12. The first-order valence-electron chi connectivity index (χ1n) is 13.0. The quantitative estimate of drug-likeness (QED) is 0.202. The molecule has 1 N–H and O–H groups in total. The molecule has 0 aliphatic rings. The second-order valence-corrected chi connectivity index (χ2v) is 10.9. The van der Waals surface area contributed by atoms with Crippen molar-refractivity contribution in [2.24, 2.45) is 0 Å². The monoisotopic (exact) mass is 534 g/mol. The van der Waals surface area contributed by atoms with Gasteiger partial charge in [0.25, 0.3) is 0 Å². The van der Waals surface area contributed by atoms with Gasteiger partial charge in [-0.3, -0.25) is 9.78 Å². The maximum absolute atomic E-state index is 13.0. The van der Waals surface area contributed by atoms with Gasteiger partial charge in [0.05, 0.1) is 29.3 Å². The predicted octanol–water partition coefficient (Wildman–Crippen LogP) is 5.02. The van der Waals surface area contributed by atoms with Crippen LogP contribution < -0.4 is 4.72 Å². The van der Waals surface area contributed by atoms with E-state index in [1.807, 2.05) is 23.8 Å². The van der Waals surface area contributed by atoms with E-state index in [1.165, 1.54) is 0 Å². The van der Waals surface area contributed by atoms with Crippen molar-refractivity contribution in [3.8, 4) is 11.1 Å². The number of unbranched alkanes of at least 4 members (excludes halogenated alkanes) is 1. The lowest BCUT2D eigenvalue weighted by molar-refractivity contribution is -0.143. The third-order valence-corrected chi connectivity index (χ3v) is 7.85. The van der Waals surface area contributed by atoms with E-state index in [-0.39, 0.29) is 17.4 Å². The fourth-order valence-corrected chi connectivity index (χ4v) is 5.61. The van der Waals surface area contributed by atoms with Crippen molar-refractivity contribution in [3.05, 3.63) is 83.4 Å². The Hall–Kier alpha value is -3.56. The van der Waals surface area contributed by atoms with Crippen molar-refractivity contribution in [2.45, 2.75) is 64.3 Å². The predicted molar refractivity (Wildman–Crippen MR) is 147 cm³/mol. The highest BCUT2D eigenvalue weighted by Crippen LogP contribution is 2.33. The number of hydrogen-bond donors (Lipinski definition) is 1. The fraction of sp³-hybridized carbons (Fsp3) is 0.345. The summed E-state index contributed by atoms with van der Waals surface area (Å²) in [5, 5.41) is 4.93. The van der Waals surface area contributed by atoms with Crippen LogP contribution in [0.25, 0.3) is 16.6 Å². The van der Waals surface area contributed by atoms with Crippen LogP contribution in [0.1, 0.15) is 55.6 Å². The summed E-state index contributed by atoms with van der Waals surface area (Å²) in [5.41, 5.74) is 6.54. The van der Waals surface area contributed by atoms with Crippen molar-refractivity contribution in [2.75, 3.05) is 6.61 Å². The number of hydrogen-bond acceptors (Lipinski definition) is 6. The molecule has 4 aromatic rings. The zero-order chi connectivity index (χ0) is 27.1. The molecule has 0 amide bonds. The minimum Gasteiger partial charge on any atom is -0.466 e. The Bertz CT molecular complexity index is 1510. The number of aryl methyl sites for hydroxylation is 2. The van der Waals surface area contributed by atoms with Gasteiger partial charge in [-0.05, 0) is 81.0 Å². The van der Waals surface area contributed by atoms with Crippen LogP contribution in [0.2, 0.25) is 0 Å². The van der Waals surface area contributed by atoms with Crippen LogP contribution in [0.4, 0.5) is 0 Å². The summed E-state index contributed by atoms with van der Waals surface area (Å²) in [4.78, 5) is 16.5. The van der Waals surface area contributed by atoms with Crippen molar-refractivity contribution >= 4 is 21.5 Å². The van der Waals surface area contributed by atoms with Gasteiger partial charge in [-0.2, -0.15) is 5.10 Å². The number of esters is 1. The first kappa shape index (κ1) is 27.5. The molecule has 0 saturated heterocycles. The topological polar surface area (TPSA) is 103 Å². The summed E-state index contributed by atoms with van der Waals surface area (Å²) < 4.78 is 35.8. The highest BCUT2D eigenvalue weighted by atomic mass is 32.2. The van der Waals surface area contributed by atoms with E-state index < -0.39 is 10.0 Å². The first-order valence-corrected chi connectivity index (χ1v) is 14.5. The zero-order valence-electron chi connectivity index (χ0n) is 22.1. The summed E-state index contributed by atoms with van der Waals surface area (Å²) in [6, 6.07) is 14.5. The second-order valence-electron chi connectivity index (χ2n) is 9.18. The molecule has 0 atom stereocenters. The molecule has 0 radical (unpaired) electrons. The van der Waals surface area contributed by atoms with Crippen LogP contribution in [-0.2, 0) is 38.9 Å². The van der Waals surface area contributed by atoms with Crippen molar-refractivity contribution in [1.29, 1.82) is 0 Å². The number of sulfonamides is 1. The second kappa shape index (κ2) is 12.3. The molecule has 1 aromatic carbocycles. The zero-order valence-corrected chi connectivity index (χ0v) is 22.9. The molecule has 0 fully saturated rings. The molecule has 3 aromatic heterocycles. The number of nitrogens with zero attached hydrogens (tertiary/aromatic N) is 3. The molecule has 3 heterocycles. The van der Waals surface area contributed by atoms with Crippen LogP contribution in [-0.4, -0.2) is 35.6 Å². The third kappa shape index (κ3) is 6.28. The largest absolute Gasteiger partial charge is 0.466 e. The van der Waals surface area contributed by atoms with Gasteiger partial charge in [-0.1, -0.05) is 25.1 Å². The van der Waals surface area contributed by atoms with Gasteiger partial charge in [0, 0.05) is 35.6 Å². The van der Waals surface area contributed by atoms with Crippen molar-refractivity contribution < 1.29 is 17.9 Å². The lowest BCUT2D eigenvalue weighted by atomic mass is 9.94. The van der Waals surface area contributed by atoms with Crippen LogP contribution >= 0.6 is 0 Å². The molecule has 4 rings (SSSR count). The SMILES string of the molecule is CCOC(=O)CCCCc1c(CNS(=O)(=O)c2ccccc2)nn2c(CC)ccc2c1-c1cncc(C)c1. The van der Waals surface area contributed by atoms with E-state index >= 15 is 0 Å². The summed E-state index contributed by atoms with van der Waals surface area (Å²) in [6.07, 6.45) is 6.77. The fourth-order valence-electron chi connectivity index (χ4n) is 4.60. The molecule has 0 saturated carbocycles. The molecule has 200 valence electrons. The molecular weight excluding hydrogens is 500 g/mol. The Kier molecular flexibility index (Phi) is 8.91. The van der Waals surface area contributed by atoms with Crippen LogP contribution in [0.15, 0.2) is 65.8 Å². The Morgan fingerprint density at radius 2 is 1.84 bits per heavy atom. The Labute approximate surface area is 224 Å². The number of aromatic nitrogens is 3. The smallest absolute Gasteiger partial charge is 0.305 e. The highest BCUT2D eigenvalue weighted by molar-refractivity contribution is 7.89. The van der Waals surface area contributed by atoms with E-state index in [0.717, 1.165) is 46.3 Å². The van der Waals surface area contributed by atoms with Crippen molar-refractivity contribution in [3.63, 3.8) is 0 Å². The summed E-state index contributed by atoms with van der Waals surface area (Å²) in [6.45, 7) is 6.26. The number of carbonyl (C=O) groups excluding carboxylic acids is 1. The standard InChI is InChI=1S/C29H34N4O4S/c1-4-23-15-16-27-29(22-17-21(3)18-30-19-22)25(13-9-10-14-28(34)37-5-2)26(32-33(23)27)20-31-38(35,36)24-11-7-6-8-12-24/h6-8,11-12,15-19,31H,4-5,9-10,13-14,20H2,1-3H3. The molecule has 0 aliphatic heterocycles. The maximum Gasteiger partial charge on any atom is 0.305 e. The summed E-state index contributed by atoms with van der Waals surface area (Å²) in [5.74, 6) is -0.209. The van der Waals surface area contributed by atoms with Crippen molar-refractivity contribution in [1.82, 2.24) is 19.3 Å². The molecular formula is C29H34N4O4S. The molecule has 9 heteroatoms. The van der Waals surface area contributed by atoms with Gasteiger partial charge in [0.1, 0.15) is 0 Å². The molecule has 0 spiro atoms. The lowest BCUT2D eigenvalue weighted by Gasteiger charge is -2.18. The van der Waals surface area contributed by atoms with Crippen LogP contribution in [0.5, 0.6) is 0 Å². The van der Waals surface area contributed by atoms with E-state index in [4.69, 9.17) is 9.84 Å². The number of nitrogens with one attached hydrogen (secondary N) is 1. The molecule has 0 unspecified atom stereocenters. The van der Waals surface area contributed by atoms with Gasteiger partial charge < -0.3 is 4.74 Å². The highest BCUT2D eigenvalue weighted by Gasteiger charge is 2.21. The van der Waals surface area contributed by atoms with E-state index in [1.54, 1.807) is 37.3 Å². The molecule has 0 bridgehead atoms. The van der Waals surface area contributed by atoms with E-state index in [0.29, 0.717) is 31.6 Å². The lowest BCUT2D eigenvalue weighted by Crippen LogP contribution is -2.25. The number of ether oxygens (including phenoxy) is 1. The Morgan fingerprint density at radius 3 is 2.55 bits per heavy atom. The number of pyridine rings is 1. The van der Waals surface area contributed by atoms with Crippen LogP contribution in [0, 0.1) is 6.92 Å². The number of benzene rings is 1. The normalized spacial score (nSPS) is 11.7. The Morgan fingerprint density at radius 1 is 1.05 bits per heavy atom. The number of fused-ring (bicyclic) bond motifs is 1. The minimum absolute atomic E-state index is 0.0357. The van der Waals surface area contributed by atoms with E-state index in [9.17, 15) is 13.2 Å². The third-order valence-electron chi connectivity index (χ3n) is 6.43. The first-order chi connectivity index (χ1) is 18.3. The minimum atomic E-state index is -3.73. The van der Waals surface area contributed by atoms with Gasteiger partial charge in [0.15, 0.2) is 0 Å². The average molecular weight is 535 g/mol. The van der Waals surface area contributed by atoms with Gasteiger partial charge in [-0.25, -0.2) is 17.7 Å². The van der Waals surface area contributed by atoms with E-state index in [2.05, 4.69) is 34.8 Å². The maximum atomic E-state index is 13.0.